The number of hydrogen-bond acceptors (Lipinski definition) is 6. The monoisotopic (exact) mass is 408 g/mol. The van der Waals surface area contributed by atoms with Crippen molar-refractivity contribution in [2.75, 3.05) is 6.61 Å². The molecule has 0 amide bonds. The van der Waals surface area contributed by atoms with Gasteiger partial charge in [-0.25, -0.2) is 0 Å². The van der Waals surface area contributed by atoms with Gasteiger partial charge < -0.3 is 4.74 Å². The van der Waals surface area contributed by atoms with Crippen LogP contribution in [0, 0.1) is 10.1 Å². The summed E-state index contributed by atoms with van der Waals surface area (Å²) in [5.74, 6) is -0.203. The Bertz CT molecular complexity index is 1070. The number of nitrogens with zero attached hydrogens (tertiary/aromatic N) is 4. The molecule has 0 spiro atoms. The van der Waals surface area contributed by atoms with E-state index < -0.39 is 10.8 Å². The topological polar surface area (TPSA) is 100 Å². The normalized spacial score (nSPS) is 11.3. The highest BCUT2D eigenvalue weighted by atomic mass is 16.6. The molecule has 156 valence electrons. The standard InChI is InChI=1S/C22H24N4O4/c1-5-13-30-21-23-19(15-9-11-17(12-10-15)22(2,3)4)25(24-21)20(27)16-7-6-8-18(14-16)26(28)29/h6-12,14H,5,13H2,1-4H3. The summed E-state index contributed by atoms with van der Waals surface area (Å²) in [6, 6.07) is 13.4. The molecule has 0 fully saturated rings. The molecular weight excluding hydrogens is 384 g/mol. The number of nitro groups is 1. The second-order valence-electron chi connectivity index (χ2n) is 7.92. The van der Waals surface area contributed by atoms with Crippen molar-refractivity contribution in [2.24, 2.45) is 0 Å². The van der Waals surface area contributed by atoms with E-state index in [0.717, 1.165) is 16.7 Å². The molecule has 0 N–H and O–H groups in total. The van der Waals surface area contributed by atoms with Crippen LogP contribution in [0.15, 0.2) is 48.5 Å². The second-order valence-corrected chi connectivity index (χ2v) is 7.92. The number of benzene rings is 2. The quantitative estimate of drug-likeness (QED) is 0.435. The maximum Gasteiger partial charge on any atom is 0.336 e. The lowest BCUT2D eigenvalue weighted by Crippen LogP contribution is -2.16. The van der Waals surface area contributed by atoms with Gasteiger partial charge in [-0.2, -0.15) is 9.67 Å². The van der Waals surface area contributed by atoms with E-state index in [1.54, 1.807) is 0 Å². The van der Waals surface area contributed by atoms with Gasteiger partial charge in [-0.15, -0.1) is 5.10 Å². The van der Waals surface area contributed by atoms with Gasteiger partial charge in [0.25, 0.3) is 11.6 Å². The highest BCUT2D eigenvalue weighted by molar-refractivity contribution is 5.97. The fraction of sp³-hybridized carbons (Fsp3) is 0.318. The molecule has 8 nitrogen and oxygen atoms in total. The minimum atomic E-state index is -0.542. The Balaban J connectivity index is 2.05. The van der Waals surface area contributed by atoms with Crippen LogP contribution in [0.5, 0.6) is 6.01 Å². The van der Waals surface area contributed by atoms with Gasteiger partial charge in [0, 0.05) is 23.3 Å². The lowest BCUT2D eigenvalue weighted by Gasteiger charge is -2.19. The number of non-ortho nitro benzene ring substituents is 1. The third-order valence-corrected chi connectivity index (χ3v) is 4.53. The first-order valence-electron chi connectivity index (χ1n) is 9.70. The summed E-state index contributed by atoms with van der Waals surface area (Å²) in [5, 5.41) is 15.3. The molecule has 0 unspecified atom stereocenters. The van der Waals surface area contributed by atoms with Crippen LogP contribution in [0.1, 0.15) is 50.0 Å². The van der Waals surface area contributed by atoms with Crippen molar-refractivity contribution >= 4 is 11.6 Å². The number of carbonyl (C=O) groups is 1. The Morgan fingerprint density at radius 2 is 1.87 bits per heavy atom. The molecule has 0 saturated heterocycles. The molecule has 1 aromatic heterocycles. The highest BCUT2D eigenvalue weighted by Gasteiger charge is 2.22. The Morgan fingerprint density at radius 1 is 1.17 bits per heavy atom. The van der Waals surface area contributed by atoms with Gasteiger partial charge in [-0.3, -0.25) is 14.9 Å². The molecule has 2 aromatic carbocycles. The Morgan fingerprint density at radius 3 is 2.47 bits per heavy atom. The predicted molar refractivity (Wildman–Crippen MR) is 113 cm³/mol. The van der Waals surface area contributed by atoms with Crippen molar-refractivity contribution in [3.63, 3.8) is 0 Å². The molecule has 3 aromatic rings. The molecule has 30 heavy (non-hydrogen) atoms. The smallest absolute Gasteiger partial charge is 0.336 e. The number of carbonyl (C=O) groups excluding carboxylic acids is 1. The molecule has 0 saturated carbocycles. The Kier molecular flexibility index (Phi) is 5.96. The molecule has 0 bridgehead atoms. The number of aromatic nitrogens is 3. The lowest BCUT2D eigenvalue weighted by atomic mass is 9.87. The SMILES string of the molecule is CCCOc1nc(-c2ccc(C(C)(C)C)cc2)n(C(=O)c2cccc([N+](=O)[O-])c2)n1. The zero-order valence-electron chi connectivity index (χ0n) is 17.5. The first kappa shape index (κ1) is 21.2. The van der Waals surface area contributed by atoms with Gasteiger partial charge in [0.1, 0.15) is 0 Å². The van der Waals surface area contributed by atoms with Crippen LogP contribution >= 0.6 is 0 Å². The van der Waals surface area contributed by atoms with Gasteiger partial charge in [0.15, 0.2) is 5.82 Å². The number of nitro benzene ring substituents is 1. The van der Waals surface area contributed by atoms with E-state index >= 15 is 0 Å². The predicted octanol–water partition coefficient (Wildman–Crippen LogP) is 4.63. The van der Waals surface area contributed by atoms with Crippen LogP contribution in [-0.4, -0.2) is 32.2 Å². The van der Waals surface area contributed by atoms with Crippen molar-refractivity contribution in [1.82, 2.24) is 14.8 Å². The average Bonchev–Trinajstić information content (AvgIpc) is 3.15. The van der Waals surface area contributed by atoms with E-state index in [9.17, 15) is 14.9 Å². The third kappa shape index (κ3) is 4.53. The van der Waals surface area contributed by atoms with E-state index in [2.05, 4.69) is 30.9 Å². The van der Waals surface area contributed by atoms with Crippen LogP contribution in [0.25, 0.3) is 11.4 Å². The average molecular weight is 408 g/mol. The maximum atomic E-state index is 13.1. The van der Waals surface area contributed by atoms with Crippen molar-refractivity contribution in [3.05, 3.63) is 69.8 Å². The molecular formula is C22H24N4O4. The lowest BCUT2D eigenvalue weighted by molar-refractivity contribution is -0.384. The number of rotatable bonds is 6. The van der Waals surface area contributed by atoms with Gasteiger partial charge in [-0.1, -0.05) is 58.0 Å². The van der Waals surface area contributed by atoms with Crippen LogP contribution in [-0.2, 0) is 5.41 Å². The van der Waals surface area contributed by atoms with Gasteiger partial charge in [0.2, 0.25) is 0 Å². The first-order valence-corrected chi connectivity index (χ1v) is 9.70. The summed E-state index contributed by atoms with van der Waals surface area (Å²) in [7, 11) is 0. The van der Waals surface area contributed by atoms with Crippen molar-refractivity contribution in [2.45, 2.75) is 39.5 Å². The fourth-order valence-electron chi connectivity index (χ4n) is 2.87. The first-order chi connectivity index (χ1) is 14.2. The van der Waals surface area contributed by atoms with Crippen LogP contribution < -0.4 is 4.74 Å². The minimum absolute atomic E-state index is 0.0135. The summed E-state index contributed by atoms with van der Waals surface area (Å²) in [4.78, 5) is 28.0. The van der Waals surface area contributed by atoms with Crippen LogP contribution in [0.2, 0.25) is 0 Å². The molecule has 3 rings (SSSR count). The zero-order valence-corrected chi connectivity index (χ0v) is 17.5. The fourth-order valence-corrected chi connectivity index (χ4v) is 2.87. The molecule has 8 heteroatoms. The minimum Gasteiger partial charge on any atom is -0.462 e. The van der Waals surface area contributed by atoms with Crippen LogP contribution in [0.4, 0.5) is 5.69 Å². The Hall–Kier alpha value is -3.55. The van der Waals surface area contributed by atoms with Gasteiger partial charge in [-0.05, 0) is 23.5 Å². The summed E-state index contributed by atoms with van der Waals surface area (Å²) in [6.45, 7) is 8.72. The maximum absolute atomic E-state index is 13.1. The second kappa shape index (κ2) is 8.44. The van der Waals surface area contributed by atoms with E-state index in [-0.39, 0.29) is 22.7 Å². The third-order valence-electron chi connectivity index (χ3n) is 4.53. The molecule has 0 aliphatic carbocycles. The largest absolute Gasteiger partial charge is 0.462 e. The van der Waals surface area contributed by atoms with Crippen molar-refractivity contribution in [3.8, 4) is 17.4 Å². The molecule has 0 aliphatic rings. The van der Waals surface area contributed by atoms with E-state index in [0.29, 0.717) is 18.0 Å². The van der Waals surface area contributed by atoms with Crippen molar-refractivity contribution < 1.29 is 14.5 Å². The summed E-state index contributed by atoms with van der Waals surface area (Å²) < 4.78 is 6.66. The van der Waals surface area contributed by atoms with Crippen LogP contribution in [0.3, 0.4) is 0 Å². The van der Waals surface area contributed by atoms with E-state index in [4.69, 9.17) is 4.74 Å². The highest BCUT2D eigenvalue weighted by Crippen LogP contribution is 2.27. The van der Waals surface area contributed by atoms with Gasteiger partial charge >= 0.3 is 6.01 Å². The summed E-state index contributed by atoms with van der Waals surface area (Å²) >= 11 is 0. The van der Waals surface area contributed by atoms with E-state index in [1.165, 1.54) is 24.3 Å². The molecule has 0 radical (unpaired) electrons. The van der Waals surface area contributed by atoms with Gasteiger partial charge in [0.05, 0.1) is 11.5 Å². The number of hydrogen-bond donors (Lipinski definition) is 0. The Labute approximate surface area is 174 Å². The number of ether oxygens (including phenoxy) is 1. The molecule has 1 heterocycles. The molecule has 0 aliphatic heterocycles. The molecule has 0 atom stereocenters. The summed E-state index contributed by atoms with van der Waals surface area (Å²) in [6.07, 6.45) is 0.767. The van der Waals surface area contributed by atoms with Crippen molar-refractivity contribution in [1.29, 1.82) is 0 Å². The van der Waals surface area contributed by atoms with E-state index in [1.807, 2.05) is 31.2 Å². The zero-order chi connectivity index (χ0) is 21.9. The summed E-state index contributed by atoms with van der Waals surface area (Å²) in [5.41, 5.74) is 1.80.